The van der Waals surface area contributed by atoms with Gasteiger partial charge in [0.1, 0.15) is 5.75 Å². The van der Waals surface area contributed by atoms with E-state index in [1.807, 2.05) is 0 Å². The summed E-state index contributed by atoms with van der Waals surface area (Å²) in [6.45, 7) is 5.39. The molecule has 1 aliphatic rings. The van der Waals surface area contributed by atoms with Crippen molar-refractivity contribution < 1.29 is 13.2 Å². The van der Waals surface area contributed by atoms with Crippen LogP contribution < -0.4 is 14.4 Å². The lowest BCUT2D eigenvalue weighted by Gasteiger charge is -2.19. The first kappa shape index (κ1) is 18.7. The molecule has 26 heavy (non-hydrogen) atoms. The molecule has 0 bridgehead atoms. The number of halogens is 1. The fraction of sp³-hybridized carbons (Fsp3) is 0.412. The van der Waals surface area contributed by atoms with E-state index in [4.69, 9.17) is 16.3 Å². The van der Waals surface area contributed by atoms with Gasteiger partial charge in [-0.3, -0.25) is 4.72 Å². The average Bonchev–Trinajstić information content (AvgIpc) is 3.12. The Kier molecular flexibility index (Phi) is 5.24. The van der Waals surface area contributed by atoms with Crippen molar-refractivity contribution in [3.05, 3.63) is 34.6 Å². The number of sulfonamides is 1. The minimum absolute atomic E-state index is 0.0470. The highest BCUT2D eigenvalue weighted by Gasteiger charge is 2.22. The second kappa shape index (κ2) is 7.28. The number of aryl methyl sites for hydroxylation is 2. The SMILES string of the molecule is COc1ccc(S(=O)(=O)Nc2c(C)nc(N3CCCC3)nc2C)cc1Cl. The summed E-state index contributed by atoms with van der Waals surface area (Å²) in [6, 6.07) is 4.31. The lowest BCUT2D eigenvalue weighted by Crippen LogP contribution is -2.22. The van der Waals surface area contributed by atoms with Gasteiger partial charge in [0.15, 0.2) is 0 Å². The lowest BCUT2D eigenvalue weighted by atomic mass is 10.3. The molecule has 2 aromatic rings. The van der Waals surface area contributed by atoms with E-state index < -0.39 is 10.0 Å². The van der Waals surface area contributed by atoms with Crippen LogP contribution in [0.5, 0.6) is 5.75 Å². The maximum atomic E-state index is 12.7. The molecule has 1 saturated heterocycles. The van der Waals surface area contributed by atoms with E-state index in [-0.39, 0.29) is 9.92 Å². The van der Waals surface area contributed by atoms with Crippen LogP contribution in [0.25, 0.3) is 0 Å². The molecule has 3 rings (SSSR count). The van der Waals surface area contributed by atoms with E-state index in [1.54, 1.807) is 13.8 Å². The third kappa shape index (κ3) is 3.71. The van der Waals surface area contributed by atoms with Crippen LogP contribution in [0.15, 0.2) is 23.1 Å². The van der Waals surface area contributed by atoms with Crippen LogP contribution in [0.4, 0.5) is 11.6 Å². The lowest BCUT2D eigenvalue weighted by molar-refractivity contribution is 0.414. The monoisotopic (exact) mass is 396 g/mol. The number of hydrogen-bond donors (Lipinski definition) is 1. The van der Waals surface area contributed by atoms with Gasteiger partial charge in [-0.1, -0.05) is 11.6 Å². The first-order valence-corrected chi connectivity index (χ1v) is 10.1. The van der Waals surface area contributed by atoms with Crippen molar-refractivity contribution in [3.63, 3.8) is 0 Å². The summed E-state index contributed by atoms with van der Waals surface area (Å²) in [4.78, 5) is 11.1. The third-order valence-corrected chi connectivity index (χ3v) is 5.96. The first-order valence-electron chi connectivity index (χ1n) is 8.28. The maximum absolute atomic E-state index is 12.7. The molecule has 0 atom stereocenters. The zero-order valence-electron chi connectivity index (χ0n) is 14.9. The van der Waals surface area contributed by atoms with Crippen molar-refractivity contribution in [1.82, 2.24) is 9.97 Å². The summed E-state index contributed by atoms with van der Waals surface area (Å²) in [6.07, 6.45) is 2.24. The first-order chi connectivity index (χ1) is 12.3. The zero-order chi connectivity index (χ0) is 18.9. The number of benzene rings is 1. The molecule has 1 aromatic carbocycles. The summed E-state index contributed by atoms with van der Waals surface area (Å²) in [5.74, 6) is 1.06. The summed E-state index contributed by atoms with van der Waals surface area (Å²) < 4.78 is 33.1. The molecule has 0 radical (unpaired) electrons. The highest BCUT2D eigenvalue weighted by atomic mass is 35.5. The minimum Gasteiger partial charge on any atom is -0.495 e. The van der Waals surface area contributed by atoms with E-state index in [2.05, 4.69) is 19.6 Å². The number of nitrogens with one attached hydrogen (secondary N) is 1. The molecular weight excluding hydrogens is 376 g/mol. The predicted molar refractivity (Wildman–Crippen MR) is 102 cm³/mol. The van der Waals surface area contributed by atoms with Gasteiger partial charge in [-0.05, 0) is 44.9 Å². The van der Waals surface area contributed by atoms with Gasteiger partial charge in [-0.2, -0.15) is 0 Å². The Morgan fingerprint density at radius 1 is 1.15 bits per heavy atom. The molecule has 1 N–H and O–H groups in total. The standard InChI is InChI=1S/C17H21ClN4O3S/c1-11-16(12(2)20-17(19-11)22-8-4-5-9-22)21-26(23,24)13-6-7-15(25-3)14(18)10-13/h6-7,10,21H,4-5,8-9H2,1-3H3. The van der Waals surface area contributed by atoms with Crippen molar-refractivity contribution in [2.24, 2.45) is 0 Å². The Bertz CT molecular complexity index is 905. The molecule has 0 spiro atoms. The molecule has 140 valence electrons. The minimum atomic E-state index is -3.82. The van der Waals surface area contributed by atoms with Gasteiger partial charge < -0.3 is 9.64 Å². The van der Waals surface area contributed by atoms with Crippen molar-refractivity contribution in [2.45, 2.75) is 31.6 Å². The maximum Gasteiger partial charge on any atom is 0.262 e. The second-order valence-electron chi connectivity index (χ2n) is 6.17. The van der Waals surface area contributed by atoms with Crippen LogP contribution in [0.1, 0.15) is 24.2 Å². The van der Waals surface area contributed by atoms with E-state index in [9.17, 15) is 8.42 Å². The highest BCUT2D eigenvalue weighted by Crippen LogP contribution is 2.29. The molecule has 0 amide bonds. The number of hydrogen-bond acceptors (Lipinski definition) is 6. The van der Waals surface area contributed by atoms with Gasteiger partial charge in [-0.15, -0.1) is 0 Å². The largest absolute Gasteiger partial charge is 0.495 e. The normalized spacial score (nSPS) is 14.5. The molecular formula is C17H21ClN4O3S. The van der Waals surface area contributed by atoms with Crippen molar-refractivity contribution in [3.8, 4) is 5.75 Å². The van der Waals surface area contributed by atoms with E-state index in [0.29, 0.717) is 28.8 Å². The molecule has 1 aromatic heterocycles. The van der Waals surface area contributed by atoms with E-state index in [1.165, 1.54) is 25.3 Å². The van der Waals surface area contributed by atoms with Gasteiger partial charge in [0.05, 0.1) is 34.1 Å². The molecule has 0 aliphatic carbocycles. The number of rotatable bonds is 5. The fourth-order valence-corrected chi connectivity index (χ4v) is 4.44. The second-order valence-corrected chi connectivity index (χ2v) is 8.26. The summed E-state index contributed by atoms with van der Waals surface area (Å²) >= 11 is 6.05. The van der Waals surface area contributed by atoms with Crippen molar-refractivity contribution in [2.75, 3.05) is 29.8 Å². The van der Waals surface area contributed by atoms with Gasteiger partial charge in [-0.25, -0.2) is 18.4 Å². The summed E-state index contributed by atoms with van der Waals surface area (Å²) in [5, 5.41) is 0.226. The fourth-order valence-electron chi connectivity index (χ4n) is 2.91. The highest BCUT2D eigenvalue weighted by molar-refractivity contribution is 7.92. The van der Waals surface area contributed by atoms with E-state index in [0.717, 1.165) is 25.9 Å². The van der Waals surface area contributed by atoms with Crippen LogP contribution in [-0.4, -0.2) is 38.6 Å². The molecule has 7 nitrogen and oxygen atoms in total. The summed E-state index contributed by atoms with van der Waals surface area (Å²) in [5.41, 5.74) is 1.56. The van der Waals surface area contributed by atoms with Gasteiger partial charge in [0.25, 0.3) is 10.0 Å². The van der Waals surface area contributed by atoms with Gasteiger partial charge in [0, 0.05) is 13.1 Å². The molecule has 0 saturated carbocycles. The van der Waals surface area contributed by atoms with Crippen LogP contribution in [-0.2, 0) is 10.0 Å². The Hall–Kier alpha value is -2.06. The van der Waals surface area contributed by atoms with Crippen LogP contribution >= 0.6 is 11.6 Å². The average molecular weight is 397 g/mol. The zero-order valence-corrected chi connectivity index (χ0v) is 16.5. The number of anilines is 2. The Morgan fingerprint density at radius 3 is 2.31 bits per heavy atom. The number of ether oxygens (including phenoxy) is 1. The Morgan fingerprint density at radius 2 is 1.77 bits per heavy atom. The quantitative estimate of drug-likeness (QED) is 0.835. The molecule has 1 aliphatic heterocycles. The van der Waals surface area contributed by atoms with Gasteiger partial charge in [0.2, 0.25) is 5.95 Å². The van der Waals surface area contributed by atoms with Crippen molar-refractivity contribution in [1.29, 1.82) is 0 Å². The van der Waals surface area contributed by atoms with Gasteiger partial charge >= 0.3 is 0 Å². The smallest absolute Gasteiger partial charge is 0.262 e. The van der Waals surface area contributed by atoms with Crippen LogP contribution in [0, 0.1) is 13.8 Å². The number of nitrogens with zero attached hydrogens (tertiary/aromatic N) is 3. The van der Waals surface area contributed by atoms with Crippen molar-refractivity contribution >= 4 is 33.3 Å². The van der Waals surface area contributed by atoms with Crippen LogP contribution in [0.3, 0.4) is 0 Å². The number of methoxy groups -OCH3 is 1. The summed E-state index contributed by atoms with van der Waals surface area (Å²) in [7, 11) is -2.35. The Labute approximate surface area is 158 Å². The third-order valence-electron chi connectivity index (χ3n) is 4.32. The Balaban J connectivity index is 1.91. The topological polar surface area (TPSA) is 84.4 Å². The van der Waals surface area contributed by atoms with E-state index >= 15 is 0 Å². The molecule has 0 unspecified atom stereocenters. The van der Waals surface area contributed by atoms with Crippen LogP contribution in [0.2, 0.25) is 5.02 Å². The predicted octanol–water partition coefficient (Wildman–Crippen LogP) is 3.16. The molecule has 1 fully saturated rings. The number of aromatic nitrogens is 2. The molecule has 9 heteroatoms. The molecule has 2 heterocycles.